The number of aryl methyl sites for hydroxylation is 1. The third kappa shape index (κ3) is 4.56. The van der Waals surface area contributed by atoms with Gasteiger partial charge in [-0.25, -0.2) is 4.39 Å². The first kappa shape index (κ1) is 18.3. The van der Waals surface area contributed by atoms with Crippen molar-refractivity contribution in [2.45, 2.75) is 19.9 Å². The van der Waals surface area contributed by atoms with E-state index in [9.17, 15) is 9.18 Å². The number of amides is 1. The van der Waals surface area contributed by atoms with Gasteiger partial charge in [-0.15, -0.1) is 11.3 Å². The molecule has 2 aromatic heterocycles. The molecule has 4 nitrogen and oxygen atoms in total. The first-order valence-electron chi connectivity index (χ1n) is 7.43. The third-order valence-corrected chi connectivity index (χ3v) is 6.07. The van der Waals surface area contributed by atoms with Gasteiger partial charge in [-0.2, -0.15) is 5.10 Å². The lowest BCUT2D eigenvalue weighted by molar-refractivity contribution is -0.115. The maximum absolute atomic E-state index is 13.7. The van der Waals surface area contributed by atoms with Gasteiger partial charge in [0.25, 0.3) is 0 Å². The van der Waals surface area contributed by atoms with Crippen LogP contribution in [0.2, 0.25) is 0 Å². The van der Waals surface area contributed by atoms with Crippen molar-refractivity contribution in [2.75, 3.05) is 5.32 Å². The molecule has 8 heteroatoms. The van der Waals surface area contributed by atoms with Crippen molar-refractivity contribution >= 4 is 54.9 Å². The zero-order chi connectivity index (χ0) is 18.0. The number of hydrogen-bond acceptors (Lipinski definition) is 3. The molecule has 0 radical (unpaired) electrons. The maximum atomic E-state index is 13.7. The fraction of sp³-hybridized carbons (Fsp3) is 0.176. The van der Waals surface area contributed by atoms with E-state index >= 15 is 0 Å². The van der Waals surface area contributed by atoms with Crippen LogP contribution in [0.15, 0.2) is 45.5 Å². The summed E-state index contributed by atoms with van der Waals surface area (Å²) in [6, 6.07) is 8.54. The lowest BCUT2D eigenvalue weighted by Crippen LogP contribution is -2.15. The monoisotopic (exact) mass is 485 g/mol. The fourth-order valence-electron chi connectivity index (χ4n) is 2.34. The number of anilines is 1. The van der Waals surface area contributed by atoms with E-state index in [0.717, 1.165) is 14.2 Å². The predicted octanol–water partition coefficient (Wildman–Crippen LogP) is 5.15. The third-order valence-electron chi connectivity index (χ3n) is 3.47. The minimum absolute atomic E-state index is 0.153. The van der Waals surface area contributed by atoms with E-state index in [1.165, 1.54) is 6.07 Å². The molecule has 0 saturated heterocycles. The van der Waals surface area contributed by atoms with Crippen molar-refractivity contribution in [2.24, 2.45) is 0 Å². The predicted molar refractivity (Wildman–Crippen MR) is 105 cm³/mol. The number of carbonyl (C=O) groups is 1. The summed E-state index contributed by atoms with van der Waals surface area (Å²) in [6.07, 6.45) is 1.99. The van der Waals surface area contributed by atoms with Gasteiger partial charge in [0.05, 0.1) is 17.4 Å². The number of carbonyl (C=O) groups excluding carboxylic acids is 1. The van der Waals surface area contributed by atoms with Crippen molar-refractivity contribution in [1.82, 2.24) is 9.78 Å². The molecule has 1 N–H and O–H groups in total. The first-order chi connectivity index (χ1) is 11.9. The van der Waals surface area contributed by atoms with Crippen LogP contribution in [0, 0.1) is 12.7 Å². The Morgan fingerprint density at radius 1 is 1.32 bits per heavy atom. The number of rotatable bonds is 5. The zero-order valence-corrected chi connectivity index (χ0v) is 17.2. The lowest BCUT2D eigenvalue weighted by Gasteiger charge is -2.04. The fourth-order valence-corrected chi connectivity index (χ4v) is 4.56. The van der Waals surface area contributed by atoms with E-state index in [-0.39, 0.29) is 24.7 Å². The van der Waals surface area contributed by atoms with Gasteiger partial charge in [-0.1, -0.05) is 18.2 Å². The van der Waals surface area contributed by atoms with Crippen molar-refractivity contribution in [3.05, 3.63) is 66.6 Å². The highest BCUT2D eigenvalue weighted by atomic mass is 79.9. The van der Waals surface area contributed by atoms with E-state index in [1.807, 2.05) is 13.0 Å². The summed E-state index contributed by atoms with van der Waals surface area (Å²) in [7, 11) is 0. The molecular weight excluding hydrogens is 473 g/mol. The molecule has 25 heavy (non-hydrogen) atoms. The van der Waals surface area contributed by atoms with Gasteiger partial charge in [0.15, 0.2) is 5.82 Å². The molecular formula is C17H14Br2FN3OS. The summed E-state index contributed by atoms with van der Waals surface area (Å²) in [5.74, 6) is -0.0113. The average Bonchev–Trinajstić information content (AvgIpc) is 3.03. The quantitative estimate of drug-likeness (QED) is 0.542. The molecule has 3 aromatic rings. The maximum Gasteiger partial charge on any atom is 0.230 e. The summed E-state index contributed by atoms with van der Waals surface area (Å²) in [4.78, 5) is 14.4. The Hall–Kier alpha value is -1.51. The molecule has 3 rings (SSSR count). The summed E-state index contributed by atoms with van der Waals surface area (Å²) in [5, 5.41) is 7.11. The molecule has 2 heterocycles. The van der Waals surface area contributed by atoms with E-state index in [1.54, 1.807) is 40.4 Å². The van der Waals surface area contributed by atoms with E-state index < -0.39 is 0 Å². The Morgan fingerprint density at radius 2 is 2.08 bits per heavy atom. The van der Waals surface area contributed by atoms with Gasteiger partial charge in [0, 0.05) is 26.0 Å². The molecule has 0 aliphatic heterocycles. The van der Waals surface area contributed by atoms with Crippen molar-refractivity contribution < 1.29 is 9.18 Å². The minimum atomic E-state index is -0.280. The van der Waals surface area contributed by atoms with E-state index in [2.05, 4.69) is 42.3 Å². The summed E-state index contributed by atoms with van der Waals surface area (Å²) in [5.41, 5.74) is 0.536. The Morgan fingerprint density at radius 3 is 2.76 bits per heavy atom. The molecule has 0 atom stereocenters. The lowest BCUT2D eigenvalue weighted by atomic mass is 10.2. The van der Waals surface area contributed by atoms with Crippen LogP contribution in [0.4, 0.5) is 10.2 Å². The molecule has 0 aliphatic rings. The van der Waals surface area contributed by atoms with Crippen LogP contribution >= 0.6 is 43.2 Å². The van der Waals surface area contributed by atoms with Crippen LogP contribution in [-0.4, -0.2) is 15.7 Å². The van der Waals surface area contributed by atoms with Crippen LogP contribution in [0.3, 0.4) is 0 Å². The van der Waals surface area contributed by atoms with Gasteiger partial charge < -0.3 is 5.32 Å². The number of benzene rings is 1. The number of thiophene rings is 1. The topological polar surface area (TPSA) is 46.9 Å². The first-order valence-corrected chi connectivity index (χ1v) is 9.83. The normalized spacial score (nSPS) is 10.9. The highest BCUT2D eigenvalue weighted by Crippen LogP contribution is 2.28. The summed E-state index contributed by atoms with van der Waals surface area (Å²) in [6.45, 7) is 2.29. The Kier molecular flexibility index (Phi) is 5.71. The number of hydrogen-bond donors (Lipinski definition) is 1. The van der Waals surface area contributed by atoms with Crippen molar-refractivity contribution in [3.8, 4) is 0 Å². The van der Waals surface area contributed by atoms with Gasteiger partial charge >= 0.3 is 0 Å². The smallest absolute Gasteiger partial charge is 0.230 e. The molecule has 0 bridgehead atoms. The number of nitrogens with one attached hydrogen (secondary N) is 1. The second-order valence-corrected chi connectivity index (χ2v) is 8.52. The number of halogens is 3. The zero-order valence-electron chi connectivity index (χ0n) is 13.2. The van der Waals surface area contributed by atoms with Crippen LogP contribution in [0.5, 0.6) is 0 Å². The van der Waals surface area contributed by atoms with Crippen molar-refractivity contribution in [3.63, 3.8) is 0 Å². The second kappa shape index (κ2) is 7.80. The highest BCUT2D eigenvalue weighted by molar-refractivity contribution is 9.11. The Balaban J connectivity index is 1.69. The van der Waals surface area contributed by atoms with Crippen LogP contribution in [-0.2, 0) is 17.8 Å². The van der Waals surface area contributed by atoms with Gasteiger partial charge in [-0.3, -0.25) is 9.48 Å². The molecule has 0 spiro atoms. The molecule has 1 amide bonds. The summed E-state index contributed by atoms with van der Waals surface area (Å²) < 4.78 is 16.9. The SMILES string of the molecule is Cc1cc(Br)c(CC(=O)Nc2nn(Cc3ccccc3F)cc2Br)s1. The molecule has 1 aromatic carbocycles. The standard InChI is InChI=1S/C17H14Br2FN3OS/c1-10-6-12(18)15(25-10)7-16(24)21-17-13(19)9-23(22-17)8-11-4-2-3-5-14(11)20/h2-6,9H,7-8H2,1H3,(H,21,22,24). The second-order valence-electron chi connectivity index (χ2n) is 5.47. The average molecular weight is 487 g/mol. The largest absolute Gasteiger partial charge is 0.308 e. The highest BCUT2D eigenvalue weighted by Gasteiger charge is 2.14. The summed E-state index contributed by atoms with van der Waals surface area (Å²) >= 11 is 8.42. The van der Waals surface area contributed by atoms with Gasteiger partial charge in [-0.05, 0) is 50.9 Å². The van der Waals surface area contributed by atoms with E-state index in [4.69, 9.17) is 0 Å². The Labute approximate surface area is 165 Å². The van der Waals surface area contributed by atoms with Gasteiger partial charge in [0.1, 0.15) is 5.82 Å². The van der Waals surface area contributed by atoms with Crippen LogP contribution in [0.1, 0.15) is 15.3 Å². The molecule has 0 saturated carbocycles. The Bertz CT molecular complexity index is 923. The molecule has 0 fully saturated rings. The minimum Gasteiger partial charge on any atom is -0.308 e. The number of nitrogens with zero attached hydrogens (tertiary/aromatic N) is 2. The van der Waals surface area contributed by atoms with Gasteiger partial charge in [0.2, 0.25) is 5.91 Å². The van der Waals surface area contributed by atoms with Crippen LogP contribution in [0.25, 0.3) is 0 Å². The molecule has 130 valence electrons. The van der Waals surface area contributed by atoms with E-state index in [0.29, 0.717) is 15.9 Å². The van der Waals surface area contributed by atoms with Crippen molar-refractivity contribution in [1.29, 1.82) is 0 Å². The number of aromatic nitrogens is 2. The van der Waals surface area contributed by atoms with Crippen LogP contribution < -0.4 is 5.32 Å². The molecule has 0 aliphatic carbocycles. The molecule has 0 unspecified atom stereocenters.